The molecular weight excluding hydrogens is 394 g/mol. The molecule has 1 heterocycles. The van der Waals surface area contributed by atoms with Crippen LogP contribution in [-0.2, 0) is 9.53 Å². The van der Waals surface area contributed by atoms with Gasteiger partial charge < -0.3 is 9.64 Å². The van der Waals surface area contributed by atoms with Crippen molar-refractivity contribution in [1.29, 1.82) is 5.26 Å². The zero-order valence-corrected chi connectivity index (χ0v) is 15.7. The number of carbonyl (C=O) groups excluding carboxylic acids is 1. The third-order valence-corrected chi connectivity index (χ3v) is 4.61. The number of ether oxygens (including phenoxy) is 1. The van der Waals surface area contributed by atoms with Crippen LogP contribution in [0.4, 0.5) is 5.69 Å². The maximum absolute atomic E-state index is 12.1. The van der Waals surface area contributed by atoms with E-state index in [9.17, 15) is 4.79 Å². The van der Waals surface area contributed by atoms with Gasteiger partial charge in [0, 0.05) is 23.8 Å². The highest BCUT2D eigenvalue weighted by Crippen LogP contribution is 2.24. The van der Waals surface area contributed by atoms with E-state index < -0.39 is 5.97 Å². The van der Waals surface area contributed by atoms with Crippen molar-refractivity contribution >= 4 is 39.6 Å². The minimum absolute atomic E-state index is 0.265. The number of rotatable bonds is 5. The van der Waals surface area contributed by atoms with Gasteiger partial charge in [0.05, 0.1) is 18.1 Å². The fraction of sp³-hybridized carbons (Fsp3) is 0.150. The average molecular weight is 410 g/mol. The van der Waals surface area contributed by atoms with Gasteiger partial charge in [-0.1, -0.05) is 24.3 Å². The van der Waals surface area contributed by atoms with Gasteiger partial charge in [-0.15, -0.1) is 0 Å². The van der Waals surface area contributed by atoms with Crippen LogP contribution in [0.15, 0.2) is 63.7 Å². The van der Waals surface area contributed by atoms with Crippen molar-refractivity contribution in [2.24, 2.45) is 4.99 Å². The molecule has 26 heavy (non-hydrogen) atoms. The van der Waals surface area contributed by atoms with Crippen LogP contribution < -0.4 is 4.90 Å². The van der Waals surface area contributed by atoms with E-state index in [0.717, 1.165) is 21.3 Å². The van der Waals surface area contributed by atoms with Crippen LogP contribution in [0, 0.1) is 11.3 Å². The van der Waals surface area contributed by atoms with Crippen LogP contribution in [0.2, 0.25) is 0 Å². The normalized spacial score (nSPS) is 14.7. The zero-order chi connectivity index (χ0) is 18.5. The van der Waals surface area contributed by atoms with Gasteiger partial charge in [0.25, 0.3) is 0 Å². The summed E-state index contributed by atoms with van der Waals surface area (Å²) in [6, 6.07) is 17.3. The summed E-state index contributed by atoms with van der Waals surface area (Å²) in [7, 11) is 1.94. The maximum atomic E-state index is 12.1. The van der Waals surface area contributed by atoms with Crippen LogP contribution in [0.1, 0.15) is 17.5 Å². The van der Waals surface area contributed by atoms with Gasteiger partial charge >= 0.3 is 5.97 Å². The Bertz CT molecular complexity index is 927. The summed E-state index contributed by atoms with van der Waals surface area (Å²) < 4.78 is 6.11. The van der Waals surface area contributed by atoms with E-state index in [1.54, 1.807) is 6.08 Å². The molecular formula is C20H16BrN3O2. The Labute approximate surface area is 160 Å². The summed E-state index contributed by atoms with van der Waals surface area (Å²) in [5.74, 6) is -0.174. The Balaban J connectivity index is 1.80. The summed E-state index contributed by atoms with van der Waals surface area (Å²) in [6.07, 6.45) is 2.17. The van der Waals surface area contributed by atoms with Crippen molar-refractivity contribution in [3.05, 3.63) is 69.8 Å². The first-order valence-electron chi connectivity index (χ1n) is 8.04. The lowest BCUT2D eigenvalue weighted by atomic mass is 10.1. The standard InChI is InChI=1S/C20H16BrN3O2/c1-24(12-4-11-22)15-9-7-14(8-10-15)13-18-20(25)26-19(23-18)16-5-2-3-6-17(16)21/h2-3,5-10,13H,4,12H2,1H3/b18-13-. The molecule has 0 atom stereocenters. The summed E-state index contributed by atoms with van der Waals surface area (Å²) in [5.41, 5.74) is 2.86. The molecule has 0 N–H and O–H groups in total. The number of esters is 1. The molecule has 6 heteroatoms. The summed E-state index contributed by atoms with van der Waals surface area (Å²) in [5, 5.41) is 8.67. The summed E-state index contributed by atoms with van der Waals surface area (Å²) >= 11 is 3.44. The molecule has 3 rings (SSSR count). The third-order valence-electron chi connectivity index (χ3n) is 3.92. The van der Waals surface area contributed by atoms with Crippen molar-refractivity contribution in [3.63, 3.8) is 0 Å². The summed E-state index contributed by atoms with van der Waals surface area (Å²) in [6.45, 7) is 0.670. The fourth-order valence-corrected chi connectivity index (χ4v) is 2.94. The average Bonchev–Trinajstić information content (AvgIpc) is 3.01. The number of aliphatic imine (C=N–C) groups is 1. The monoisotopic (exact) mass is 409 g/mol. The molecule has 0 saturated heterocycles. The molecule has 5 nitrogen and oxygen atoms in total. The largest absolute Gasteiger partial charge is 0.402 e. The van der Waals surface area contributed by atoms with Gasteiger partial charge in [-0.2, -0.15) is 5.26 Å². The predicted molar refractivity (Wildman–Crippen MR) is 105 cm³/mol. The van der Waals surface area contributed by atoms with Crippen molar-refractivity contribution in [1.82, 2.24) is 0 Å². The van der Waals surface area contributed by atoms with E-state index in [-0.39, 0.29) is 5.70 Å². The number of benzene rings is 2. The molecule has 0 bridgehead atoms. The molecule has 2 aromatic carbocycles. The van der Waals surface area contributed by atoms with Gasteiger partial charge in [-0.05, 0) is 51.8 Å². The van der Waals surface area contributed by atoms with Crippen LogP contribution >= 0.6 is 15.9 Å². The molecule has 0 spiro atoms. The third kappa shape index (κ3) is 4.01. The van der Waals surface area contributed by atoms with E-state index in [1.165, 1.54) is 0 Å². The Morgan fingerprint density at radius 3 is 2.65 bits per heavy atom. The van der Waals surface area contributed by atoms with E-state index in [4.69, 9.17) is 10.00 Å². The molecule has 0 radical (unpaired) electrons. The number of nitrogens with zero attached hydrogens (tertiary/aromatic N) is 3. The van der Waals surface area contributed by atoms with Gasteiger partial charge in [0.2, 0.25) is 5.90 Å². The van der Waals surface area contributed by atoms with E-state index in [2.05, 4.69) is 27.0 Å². The topological polar surface area (TPSA) is 65.7 Å². The smallest absolute Gasteiger partial charge is 0.363 e. The molecule has 1 aliphatic heterocycles. The highest BCUT2D eigenvalue weighted by molar-refractivity contribution is 9.10. The van der Waals surface area contributed by atoms with Crippen molar-refractivity contribution in [2.45, 2.75) is 6.42 Å². The molecule has 1 aliphatic rings. The minimum Gasteiger partial charge on any atom is -0.402 e. The number of halogens is 1. The predicted octanol–water partition coefficient (Wildman–Crippen LogP) is 4.14. The Morgan fingerprint density at radius 1 is 1.23 bits per heavy atom. The summed E-state index contributed by atoms with van der Waals surface area (Å²) in [4.78, 5) is 18.4. The lowest BCUT2D eigenvalue weighted by Gasteiger charge is -2.17. The van der Waals surface area contributed by atoms with E-state index >= 15 is 0 Å². The molecule has 0 unspecified atom stereocenters. The maximum Gasteiger partial charge on any atom is 0.363 e. The zero-order valence-electron chi connectivity index (χ0n) is 14.1. The van der Waals surface area contributed by atoms with Gasteiger partial charge in [0.1, 0.15) is 0 Å². The number of carbonyl (C=O) groups is 1. The molecule has 2 aromatic rings. The molecule has 0 fully saturated rings. The van der Waals surface area contributed by atoms with Crippen molar-refractivity contribution < 1.29 is 9.53 Å². The number of hydrogen-bond acceptors (Lipinski definition) is 5. The lowest BCUT2D eigenvalue weighted by molar-refractivity contribution is -0.129. The fourth-order valence-electron chi connectivity index (χ4n) is 2.49. The first-order chi connectivity index (χ1) is 12.6. The Morgan fingerprint density at radius 2 is 1.96 bits per heavy atom. The molecule has 130 valence electrons. The molecule has 0 aliphatic carbocycles. The van der Waals surface area contributed by atoms with Crippen molar-refractivity contribution in [2.75, 3.05) is 18.5 Å². The number of cyclic esters (lactones) is 1. The Hall–Kier alpha value is -2.91. The van der Waals surface area contributed by atoms with Crippen LogP contribution in [-0.4, -0.2) is 25.5 Å². The minimum atomic E-state index is -0.467. The first-order valence-corrected chi connectivity index (χ1v) is 8.83. The molecule has 0 amide bonds. The van der Waals surface area contributed by atoms with Gasteiger partial charge in [-0.25, -0.2) is 9.79 Å². The quantitative estimate of drug-likeness (QED) is 0.549. The molecule has 0 saturated carbocycles. The highest BCUT2D eigenvalue weighted by atomic mass is 79.9. The highest BCUT2D eigenvalue weighted by Gasteiger charge is 2.25. The lowest BCUT2D eigenvalue weighted by Crippen LogP contribution is -2.17. The second kappa shape index (κ2) is 7.98. The molecule has 0 aromatic heterocycles. The SMILES string of the molecule is CN(CCC#N)c1ccc(/C=C2\N=C(c3ccccc3Br)OC2=O)cc1. The Kier molecular flexibility index (Phi) is 5.49. The second-order valence-corrected chi connectivity index (χ2v) is 6.59. The number of hydrogen-bond donors (Lipinski definition) is 0. The van der Waals surface area contributed by atoms with Crippen LogP contribution in [0.3, 0.4) is 0 Å². The van der Waals surface area contributed by atoms with E-state index in [0.29, 0.717) is 18.9 Å². The first kappa shape index (κ1) is 17.9. The number of anilines is 1. The van der Waals surface area contributed by atoms with Gasteiger partial charge in [0.15, 0.2) is 5.70 Å². The second-order valence-electron chi connectivity index (χ2n) is 5.74. The van der Waals surface area contributed by atoms with Crippen LogP contribution in [0.25, 0.3) is 6.08 Å². The van der Waals surface area contributed by atoms with Crippen molar-refractivity contribution in [3.8, 4) is 6.07 Å². The van der Waals surface area contributed by atoms with Gasteiger partial charge in [-0.3, -0.25) is 0 Å². The number of nitriles is 1. The van der Waals surface area contributed by atoms with E-state index in [1.807, 2.05) is 60.5 Å². The van der Waals surface area contributed by atoms with Crippen LogP contribution in [0.5, 0.6) is 0 Å².